The summed E-state index contributed by atoms with van der Waals surface area (Å²) in [7, 11) is 0. The van der Waals surface area contributed by atoms with Gasteiger partial charge in [-0.25, -0.2) is 0 Å². The van der Waals surface area contributed by atoms with Crippen LogP contribution in [0.1, 0.15) is 37.8 Å². The summed E-state index contributed by atoms with van der Waals surface area (Å²) in [6.45, 7) is 7.39. The van der Waals surface area contributed by atoms with E-state index in [0.717, 1.165) is 31.5 Å². The molecule has 2 nitrogen and oxygen atoms in total. The van der Waals surface area contributed by atoms with Gasteiger partial charge in [-0.05, 0) is 63.9 Å². The molecule has 1 aliphatic heterocycles. The third-order valence-electron chi connectivity index (χ3n) is 3.91. The van der Waals surface area contributed by atoms with Crippen molar-refractivity contribution in [2.24, 2.45) is 0 Å². The van der Waals surface area contributed by atoms with Gasteiger partial charge in [-0.1, -0.05) is 0 Å². The zero-order valence-electron chi connectivity index (χ0n) is 12.7. The van der Waals surface area contributed by atoms with Gasteiger partial charge in [0, 0.05) is 12.1 Å². The molecule has 0 spiro atoms. The quantitative estimate of drug-likeness (QED) is 0.823. The molecule has 1 unspecified atom stereocenters. The van der Waals surface area contributed by atoms with Crippen molar-refractivity contribution in [1.29, 1.82) is 0 Å². The lowest BCUT2D eigenvalue weighted by atomic mass is 10.1. The van der Waals surface area contributed by atoms with Crippen molar-refractivity contribution in [3.63, 3.8) is 0 Å². The molecule has 1 aromatic carbocycles. The summed E-state index contributed by atoms with van der Waals surface area (Å²) in [5.41, 5.74) is -0.0865. The van der Waals surface area contributed by atoms with Crippen LogP contribution in [0.3, 0.4) is 0 Å². The van der Waals surface area contributed by atoms with Gasteiger partial charge in [0.05, 0.1) is 5.56 Å². The number of likely N-dealkylation sites (tertiary alicyclic amines) is 1. The van der Waals surface area contributed by atoms with Crippen molar-refractivity contribution < 1.29 is 17.9 Å². The largest absolute Gasteiger partial charge is 0.492 e. The van der Waals surface area contributed by atoms with Crippen LogP contribution >= 0.6 is 0 Å². The summed E-state index contributed by atoms with van der Waals surface area (Å²) in [5, 5.41) is 0. The van der Waals surface area contributed by atoms with Crippen LogP contribution < -0.4 is 4.74 Å². The Morgan fingerprint density at radius 1 is 1.29 bits per heavy atom. The number of halogens is 3. The van der Waals surface area contributed by atoms with Crippen molar-refractivity contribution in [1.82, 2.24) is 4.90 Å². The van der Waals surface area contributed by atoms with Gasteiger partial charge in [-0.2, -0.15) is 13.2 Å². The summed E-state index contributed by atoms with van der Waals surface area (Å²) in [6.07, 6.45) is -2.18. The molecule has 1 aliphatic rings. The number of nitrogens with zero attached hydrogens (tertiary/aromatic N) is 1. The van der Waals surface area contributed by atoms with E-state index in [0.29, 0.717) is 30.0 Å². The maximum absolute atomic E-state index is 12.8. The van der Waals surface area contributed by atoms with E-state index < -0.39 is 11.7 Å². The lowest BCUT2D eigenvalue weighted by Gasteiger charge is -2.28. The molecule has 0 bridgehead atoms. The minimum absolute atomic E-state index is 0.292. The number of benzene rings is 1. The molecule has 0 radical (unpaired) electrons. The van der Waals surface area contributed by atoms with E-state index in [1.165, 1.54) is 0 Å². The van der Waals surface area contributed by atoms with E-state index >= 15 is 0 Å². The first kappa shape index (κ1) is 16.1. The molecule has 1 saturated heterocycles. The molecule has 1 heterocycles. The summed E-state index contributed by atoms with van der Waals surface area (Å²) in [5.74, 6) is 0.304. The van der Waals surface area contributed by atoms with Gasteiger partial charge in [0.15, 0.2) is 0 Å². The first-order valence-corrected chi connectivity index (χ1v) is 7.35. The molecule has 0 aliphatic carbocycles. The molecule has 1 aromatic rings. The van der Waals surface area contributed by atoms with E-state index in [-0.39, 0.29) is 0 Å². The monoisotopic (exact) mass is 301 g/mol. The molecule has 0 N–H and O–H groups in total. The Balaban J connectivity index is 2.05. The summed E-state index contributed by atoms with van der Waals surface area (Å²) >= 11 is 0. The average Bonchev–Trinajstić information content (AvgIpc) is 2.83. The molecule has 21 heavy (non-hydrogen) atoms. The maximum Gasteiger partial charge on any atom is 0.416 e. The highest BCUT2D eigenvalue weighted by Gasteiger charge is 2.31. The van der Waals surface area contributed by atoms with Gasteiger partial charge in [-0.15, -0.1) is 0 Å². The maximum atomic E-state index is 12.8. The fourth-order valence-electron chi connectivity index (χ4n) is 2.90. The Kier molecular flexibility index (Phi) is 4.81. The predicted octanol–water partition coefficient (Wildman–Crippen LogP) is 4.27. The van der Waals surface area contributed by atoms with Crippen LogP contribution in [-0.4, -0.2) is 30.1 Å². The van der Waals surface area contributed by atoms with Gasteiger partial charge in [0.2, 0.25) is 0 Å². The molecular weight excluding hydrogens is 279 g/mol. The molecule has 0 aromatic heterocycles. The highest BCUT2D eigenvalue weighted by Crippen LogP contribution is 2.32. The Morgan fingerprint density at radius 2 is 2.00 bits per heavy atom. The lowest BCUT2D eigenvalue weighted by Crippen LogP contribution is -2.39. The normalized spacial score (nSPS) is 20.2. The Bertz CT molecular complexity index is 485. The summed E-state index contributed by atoms with van der Waals surface area (Å²) < 4.78 is 44.0. The third-order valence-corrected chi connectivity index (χ3v) is 3.91. The zero-order chi connectivity index (χ0) is 15.6. The lowest BCUT2D eigenvalue weighted by molar-refractivity contribution is -0.137. The second kappa shape index (κ2) is 6.26. The van der Waals surface area contributed by atoms with Crippen molar-refractivity contribution in [2.45, 2.75) is 51.9 Å². The van der Waals surface area contributed by atoms with Crippen LogP contribution in [0.5, 0.6) is 5.75 Å². The van der Waals surface area contributed by atoms with Crippen molar-refractivity contribution in [3.8, 4) is 5.75 Å². The number of alkyl halides is 3. The van der Waals surface area contributed by atoms with E-state index in [4.69, 9.17) is 4.74 Å². The van der Waals surface area contributed by atoms with Crippen LogP contribution in [0.2, 0.25) is 0 Å². The topological polar surface area (TPSA) is 12.5 Å². The Labute approximate surface area is 123 Å². The van der Waals surface area contributed by atoms with E-state index in [2.05, 4.69) is 18.7 Å². The van der Waals surface area contributed by atoms with Crippen molar-refractivity contribution in [3.05, 3.63) is 29.3 Å². The molecule has 1 atom stereocenters. The number of hydrogen-bond acceptors (Lipinski definition) is 2. The van der Waals surface area contributed by atoms with E-state index in [1.54, 1.807) is 13.0 Å². The molecule has 0 amide bonds. The number of aryl methyl sites for hydroxylation is 1. The first-order valence-electron chi connectivity index (χ1n) is 7.35. The smallest absolute Gasteiger partial charge is 0.416 e. The second-order valence-corrected chi connectivity index (χ2v) is 5.97. The Morgan fingerprint density at radius 3 is 2.62 bits per heavy atom. The number of ether oxygens (including phenoxy) is 1. The minimum Gasteiger partial charge on any atom is -0.492 e. The summed E-state index contributed by atoms with van der Waals surface area (Å²) in [4.78, 5) is 2.35. The molecular formula is C16H22F3NO. The van der Waals surface area contributed by atoms with Gasteiger partial charge < -0.3 is 4.74 Å². The standard InChI is InChI=1S/C16H22F3NO/c1-11(2)20-6-4-5-14(20)10-21-15-8-12(3)7-13(9-15)16(17,18)19/h7-9,11,14H,4-6,10H2,1-3H3. The fraction of sp³-hybridized carbons (Fsp3) is 0.625. The van der Waals surface area contributed by atoms with Crippen LogP contribution in [0, 0.1) is 6.92 Å². The zero-order valence-corrected chi connectivity index (χ0v) is 12.7. The van der Waals surface area contributed by atoms with Gasteiger partial charge >= 0.3 is 6.18 Å². The molecule has 1 fully saturated rings. The van der Waals surface area contributed by atoms with Crippen LogP contribution in [0.15, 0.2) is 18.2 Å². The average molecular weight is 301 g/mol. The molecule has 0 saturated carbocycles. The SMILES string of the molecule is Cc1cc(OCC2CCCN2C(C)C)cc(C(F)(F)F)c1. The van der Waals surface area contributed by atoms with Crippen molar-refractivity contribution in [2.75, 3.05) is 13.2 Å². The highest BCUT2D eigenvalue weighted by atomic mass is 19.4. The minimum atomic E-state index is -4.33. The second-order valence-electron chi connectivity index (χ2n) is 5.97. The van der Waals surface area contributed by atoms with Gasteiger partial charge in [0.25, 0.3) is 0 Å². The molecule has 5 heteroatoms. The number of hydrogen-bond donors (Lipinski definition) is 0. The number of rotatable bonds is 4. The molecule has 2 rings (SSSR count). The Hall–Kier alpha value is -1.23. The third kappa shape index (κ3) is 4.13. The van der Waals surface area contributed by atoms with Gasteiger partial charge in [0.1, 0.15) is 12.4 Å². The van der Waals surface area contributed by atoms with Gasteiger partial charge in [-0.3, -0.25) is 4.90 Å². The van der Waals surface area contributed by atoms with E-state index in [9.17, 15) is 13.2 Å². The van der Waals surface area contributed by atoms with Crippen LogP contribution in [0.25, 0.3) is 0 Å². The van der Waals surface area contributed by atoms with E-state index in [1.807, 2.05) is 0 Å². The highest BCUT2D eigenvalue weighted by molar-refractivity contribution is 5.35. The first-order chi connectivity index (χ1) is 9.77. The van der Waals surface area contributed by atoms with Crippen LogP contribution in [-0.2, 0) is 6.18 Å². The predicted molar refractivity (Wildman–Crippen MR) is 76.5 cm³/mol. The van der Waals surface area contributed by atoms with Crippen molar-refractivity contribution >= 4 is 0 Å². The molecule has 118 valence electrons. The summed E-state index contributed by atoms with van der Waals surface area (Å²) in [6, 6.07) is 4.61. The van der Waals surface area contributed by atoms with Crippen LogP contribution in [0.4, 0.5) is 13.2 Å². The fourth-order valence-corrected chi connectivity index (χ4v) is 2.90.